The summed E-state index contributed by atoms with van der Waals surface area (Å²) in [6.45, 7) is 0.851. The van der Waals surface area contributed by atoms with E-state index in [4.69, 9.17) is 11.6 Å². The molecule has 0 aliphatic rings. The van der Waals surface area contributed by atoms with Crippen molar-refractivity contribution in [2.75, 3.05) is 0 Å². The average Bonchev–Trinajstić information content (AvgIpc) is 3.29. The van der Waals surface area contributed by atoms with Crippen LogP contribution in [0.1, 0.15) is 5.56 Å². The minimum atomic E-state index is -7.22. The molecule has 0 bridgehead atoms. The Morgan fingerprint density at radius 2 is 0.646 bits per heavy atom. The molecule has 0 radical (unpaired) electrons. The summed E-state index contributed by atoms with van der Waals surface area (Å²) < 4.78 is 296. The molecule has 23 heteroatoms. The maximum Gasteiger partial charge on any atom is 0.212 e. The Labute approximate surface area is 355 Å². The van der Waals surface area contributed by atoms with Crippen molar-refractivity contribution in [3.63, 3.8) is 0 Å². The van der Waals surface area contributed by atoms with Crippen molar-refractivity contribution in [3.8, 4) is 11.3 Å². The van der Waals surface area contributed by atoms with Gasteiger partial charge in [-0.3, -0.25) is 0 Å². The maximum atomic E-state index is 15.4. The highest BCUT2D eigenvalue weighted by molar-refractivity contribution is 7.20. The van der Waals surface area contributed by atoms with E-state index in [9.17, 15) is 52.7 Å². The van der Waals surface area contributed by atoms with E-state index in [1.807, 2.05) is 24.3 Å². The summed E-state index contributed by atoms with van der Waals surface area (Å²) >= 11 is 6.10. The highest BCUT2D eigenvalue weighted by atomic mass is 35.5. The van der Waals surface area contributed by atoms with Crippen LogP contribution < -0.4 is 26.4 Å². The van der Waals surface area contributed by atoms with Crippen LogP contribution in [0.5, 0.6) is 0 Å². The number of hydrogen-bond acceptors (Lipinski definition) is 0. The summed E-state index contributed by atoms with van der Waals surface area (Å²) in [7, 11) is 0. The standard InChI is InChI=1S/C24BF20.C18H15ClN/c26-5-1(6(27)14(35)21(42)13(5)34)25(2-7(28)15(36)22(43)16(37)8(2)29,3-9(30)17(38)23(44)18(39)10(3)31)4-11(32)19(40)24(45)20(41)12(4)33;19-17-10-6-9-16(13-17)18-11-4-5-12-20(18)14-15-7-2-1-3-8-15/h;1-13H,14H2/q-1;+1. The molecule has 0 unspecified atom stereocenters. The Morgan fingerprint density at radius 3 is 0.969 bits per heavy atom. The molecule has 0 saturated carbocycles. The van der Waals surface area contributed by atoms with Gasteiger partial charge < -0.3 is 0 Å². The molecule has 1 heterocycles. The van der Waals surface area contributed by atoms with E-state index in [-0.39, 0.29) is 0 Å². The highest BCUT2D eigenvalue weighted by Gasteiger charge is 2.52. The van der Waals surface area contributed by atoms with E-state index >= 15 is 35.1 Å². The second-order valence-corrected chi connectivity index (χ2v) is 13.9. The van der Waals surface area contributed by atoms with Gasteiger partial charge in [0.15, 0.2) is 82.5 Å². The van der Waals surface area contributed by atoms with Crippen LogP contribution >= 0.6 is 11.6 Å². The van der Waals surface area contributed by atoms with Crippen LogP contribution in [0.25, 0.3) is 11.3 Å². The smallest absolute Gasteiger partial charge is 0.207 e. The Morgan fingerprint density at radius 1 is 0.338 bits per heavy atom. The quantitative estimate of drug-likeness (QED) is 0.0493. The minimum Gasteiger partial charge on any atom is -0.207 e. The SMILES string of the molecule is Clc1cccc(-c2cccc[n+]2Cc2ccccc2)c1.Fc1c(F)c(F)c([B-](c2c(F)c(F)c(F)c(F)c2F)(c2c(F)c(F)c(F)c(F)c2F)c2c(F)c(F)c(F)c(F)c2F)c(F)c1F. The van der Waals surface area contributed by atoms with Gasteiger partial charge in [0.1, 0.15) is 52.7 Å². The molecule has 65 heavy (non-hydrogen) atoms. The number of nitrogens with zero attached hydrogens (tertiary/aromatic N) is 1. The molecular formula is C42H15BClF20N. The molecule has 0 fully saturated rings. The number of halogens is 21. The van der Waals surface area contributed by atoms with E-state index in [0.717, 1.165) is 17.1 Å². The molecule has 1 nitrogen and oxygen atoms in total. The molecule has 0 N–H and O–H groups in total. The summed E-state index contributed by atoms with van der Waals surface area (Å²) in [6, 6.07) is 24.6. The fourth-order valence-electron chi connectivity index (χ4n) is 7.18. The molecule has 7 rings (SSSR count). The van der Waals surface area contributed by atoms with Crippen LogP contribution in [0.4, 0.5) is 87.8 Å². The molecule has 0 saturated heterocycles. The monoisotopic (exact) mass is 959 g/mol. The first kappa shape index (κ1) is 47.9. The number of rotatable bonds is 7. The predicted octanol–water partition coefficient (Wildman–Crippen LogP) is 10.2. The Balaban J connectivity index is 0.000000289. The molecule has 0 amide bonds. The van der Waals surface area contributed by atoms with Gasteiger partial charge in [0.25, 0.3) is 0 Å². The zero-order valence-electron chi connectivity index (χ0n) is 31.2. The van der Waals surface area contributed by atoms with Gasteiger partial charge in [0.05, 0.1) is 0 Å². The number of hydrogen-bond donors (Lipinski definition) is 0. The van der Waals surface area contributed by atoms with E-state index in [1.165, 1.54) is 11.3 Å². The summed E-state index contributed by atoms with van der Waals surface area (Å²) in [6.07, 6.45) is -5.12. The molecule has 0 aliphatic carbocycles. The zero-order chi connectivity index (χ0) is 48.1. The Kier molecular flexibility index (Phi) is 13.4. The third-order valence-corrected chi connectivity index (χ3v) is 10.2. The van der Waals surface area contributed by atoms with E-state index in [2.05, 4.69) is 59.3 Å². The summed E-state index contributed by atoms with van der Waals surface area (Å²) in [5.74, 6) is -71.4. The van der Waals surface area contributed by atoms with Gasteiger partial charge in [-0.1, -0.05) is 48.0 Å². The van der Waals surface area contributed by atoms with Crippen molar-refractivity contribution in [1.82, 2.24) is 0 Å². The van der Waals surface area contributed by atoms with E-state index < -0.39 is 144 Å². The van der Waals surface area contributed by atoms with Gasteiger partial charge in [-0.2, -0.15) is 4.57 Å². The van der Waals surface area contributed by atoms with Crippen molar-refractivity contribution < 1.29 is 92.4 Å². The molecule has 0 aliphatic heterocycles. The first-order valence-corrected chi connectivity index (χ1v) is 17.9. The molecule has 1 aromatic heterocycles. The van der Waals surface area contributed by atoms with E-state index in [1.54, 1.807) is 0 Å². The molecule has 0 atom stereocenters. The lowest BCUT2D eigenvalue weighted by Gasteiger charge is -2.44. The normalized spacial score (nSPS) is 11.5. The van der Waals surface area contributed by atoms with Gasteiger partial charge in [0.2, 0.25) is 5.69 Å². The molecule has 338 valence electrons. The molecule has 6 aromatic carbocycles. The zero-order valence-corrected chi connectivity index (χ0v) is 31.9. The van der Waals surface area contributed by atoms with Gasteiger partial charge in [-0.25, -0.2) is 87.8 Å². The number of pyridine rings is 1. The molecule has 0 spiro atoms. The van der Waals surface area contributed by atoms with Crippen LogP contribution in [0.15, 0.2) is 79.0 Å². The predicted molar refractivity (Wildman–Crippen MR) is 192 cm³/mol. The second-order valence-electron chi connectivity index (χ2n) is 13.5. The lowest BCUT2D eigenvalue weighted by atomic mass is 9.12. The van der Waals surface area contributed by atoms with Crippen molar-refractivity contribution in [2.45, 2.75) is 6.54 Å². The largest absolute Gasteiger partial charge is 0.212 e. The maximum absolute atomic E-state index is 15.4. The van der Waals surface area contributed by atoms with Gasteiger partial charge in [-0.05, 0) is 24.3 Å². The van der Waals surface area contributed by atoms with Crippen LogP contribution in [0.2, 0.25) is 5.02 Å². The van der Waals surface area contributed by atoms with Crippen LogP contribution in [0, 0.1) is 116 Å². The third-order valence-electron chi connectivity index (χ3n) is 9.96. The topological polar surface area (TPSA) is 3.88 Å². The fraction of sp³-hybridized carbons (Fsp3) is 0.0238. The van der Waals surface area contributed by atoms with Crippen molar-refractivity contribution in [1.29, 1.82) is 0 Å². The first-order valence-electron chi connectivity index (χ1n) is 17.5. The van der Waals surface area contributed by atoms with Crippen molar-refractivity contribution in [3.05, 3.63) is 206 Å². The summed E-state index contributed by atoms with van der Waals surface area (Å²) in [5, 5.41) is 0.762. The number of aromatic nitrogens is 1. The van der Waals surface area contributed by atoms with Gasteiger partial charge >= 0.3 is 0 Å². The van der Waals surface area contributed by atoms with Crippen LogP contribution in [0.3, 0.4) is 0 Å². The van der Waals surface area contributed by atoms with Crippen molar-refractivity contribution >= 4 is 39.6 Å². The first-order chi connectivity index (χ1) is 30.5. The lowest BCUT2D eigenvalue weighted by molar-refractivity contribution is -0.677. The highest BCUT2D eigenvalue weighted by Crippen LogP contribution is 2.31. The fourth-order valence-corrected chi connectivity index (χ4v) is 7.37. The van der Waals surface area contributed by atoms with Gasteiger partial charge in [-0.15, -0.1) is 21.9 Å². The van der Waals surface area contributed by atoms with E-state index in [0.29, 0.717) is 0 Å². The van der Waals surface area contributed by atoms with Crippen LogP contribution in [-0.2, 0) is 6.54 Å². The molecular weight excluding hydrogens is 945 g/mol. The third kappa shape index (κ3) is 7.80. The average molecular weight is 960 g/mol. The lowest BCUT2D eigenvalue weighted by Crippen LogP contribution is -2.81. The summed E-state index contributed by atoms with van der Waals surface area (Å²) in [5.41, 5.74) is -10.7. The molecule has 7 aromatic rings. The Bertz CT molecular complexity index is 2660. The Hall–Kier alpha value is -6.58. The summed E-state index contributed by atoms with van der Waals surface area (Å²) in [4.78, 5) is 0. The second kappa shape index (κ2) is 18.1. The van der Waals surface area contributed by atoms with Gasteiger partial charge in [0, 0.05) is 28.3 Å². The number of benzene rings is 6. The van der Waals surface area contributed by atoms with Crippen LogP contribution in [-0.4, -0.2) is 6.15 Å². The minimum absolute atomic E-state index is 0.762. The van der Waals surface area contributed by atoms with Crippen molar-refractivity contribution in [2.24, 2.45) is 0 Å².